The predicted molar refractivity (Wildman–Crippen MR) is 51.7 cm³/mol. The monoisotopic (exact) mass is 200 g/mol. The lowest BCUT2D eigenvalue weighted by Crippen LogP contribution is -2.62. The third-order valence-electron chi connectivity index (χ3n) is 3.22. The largest absolute Gasteiger partial charge is 0.340 e. The Labute approximate surface area is 83.9 Å². The molecule has 0 bridgehead atoms. The van der Waals surface area contributed by atoms with Crippen molar-refractivity contribution in [3.05, 3.63) is 0 Å². The minimum atomic E-state index is -0.657. The van der Waals surface area contributed by atoms with Crippen molar-refractivity contribution in [3.8, 4) is 0 Å². The number of likely N-dealkylation sites (tertiary alicyclic amines) is 2. The van der Waals surface area contributed by atoms with Crippen molar-refractivity contribution in [2.24, 2.45) is 0 Å². The molecule has 3 nitrogen and oxygen atoms in total. The number of alkyl halides is 1. The van der Waals surface area contributed by atoms with Gasteiger partial charge in [0.1, 0.15) is 6.17 Å². The van der Waals surface area contributed by atoms with Crippen LogP contribution < -0.4 is 0 Å². The zero-order chi connectivity index (χ0) is 10.1. The number of halogens is 1. The molecule has 1 unspecified atom stereocenters. The van der Waals surface area contributed by atoms with E-state index in [0.717, 1.165) is 26.1 Å². The molecule has 0 aromatic carbocycles. The van der Waals surface area contributed by atoms with Crippen LogP contribution in [0.5, 0.6) is 0 Å². The summed E-state index contributed by atoms with van der Waals surface area (Å²) in [6.45, 7) is 4.74. The lowest BCUT2D eigenvalue weighted by Gasteiger charge is -2.46. The minimum absolute atomic E-state index is 0.134. The molecule has 2 rings (SSSR count). The molecular formula is C10H17FN2O. The molecule has 0 N–H and O–H groups in total. The topological polar surface area (TPSA) is 23.6 Å². The summed E-state index contributed by atoms with van der Waals surface area (Å²) in [5.74, 6) is 0.134. The van der Waals surface area contributed by atoms with E-state index in [0.29, 0.717) is 19.0 Å². The first-order valence-corrected chi connectivity index (χ1v) is 5.30. The number of hydrogen-bond acceptors (Lipinski definition) is 2. The Kier molecular flexibility index (Phi) is 2.72. The zero-order valence-corrected chi connectivity index (χ0v) is 8.58. The first kappa shape index (κ1) is 9.90. The normalized spacial score (nSPS) is 30.1. The molecule has 14 heavy (non-hydrogen) atoms. The highest BCUT2D eigenvalue weighted by Crippen LogP contribution is 2.21. The SMILES string of the molecule is CC(=O)N1CC(N2CCCC(F)C2)C1. The predicted octanol–water partition coefficient (Wildman–Crippen LogP) is 0.651. The number of carbonyl (C=O) groups excluding carboxylic acids is 1. The molecular weight excluding hydrogens is 183 g/mol. The summed E-state index contributed by atoms with van der Waals surface area (Å²) in [4.78, 5) is 15.0. The van der Waals surface area contributed by atoms with E-state index in [1.54, 1.807) is 6.92 Å². The number of carbonyl (C=O) groups is 1. The first-order valence-electron chi connectivity index (χ1n) is 5.30. The Morgan fingerprint density at radius 1 is 1.36 bits per heavy atom. The van der Waals surface area contributed by atoms with Crippen LogP contribution in [0.1, 0.15) is 19.8 Å². The molecule has 2 aliphatic heterocycles. The van der Waals surface area contributed by atoms with Crippen LogP contribution in [0.15, 0.2) is 0 Å². The summed E-state index contributed by atoms with van der Waals surface area (Å²) in [6.07, 6.45) is 1.01. The van der Waals surface area contributed by atoms with Crippen molar-refractivity contribution in [1.29, 1.82) is 0 Å². The second kappa shape index (κ2) is 3.85. The van der Waals surface area contributed by atoms with Crippen molar-refractivity contribution >= 4 is 5.91 Å². The molecule has 2 fully saturated rings. The molecule has 1 amide bonds. The lowest BCUT2D eigenvalue weighted by atomic mass is 10.0. The smallest absolute Gasteiger partial charge is 0.219 e. The Morgan fingerprint density at radius 2 is 2.07 bits per heavy atom. The van der Waals surface area contributed by atoms with E-state index in [2.05, 4.69) is 4.90 Å². The molecule has 0 spiro atoms. The fraction of sp³-hybridized carbons (Fsp3) is 0.900. The second-order valence-electron chi connectivity index (χ2n) is 4.31. The summed E-state index contributed by atoms with van der Waals surface area (Å²) in [6, 6.07) is 0.414. The number of rotatable bonds is 1. The maximum absolute atomic E-state index is 13.1. The number of piperidine rings is 1. The summed E-state index contributed by atoms with van der Waals surface area (Å²) < 4.78 is 13.1. The van der Waals surface area contributed by atoms with Gasteiger partial charge in [-0.25, -0.2) is 4.39 Å². The van der Waals surface area contributed by atoms with E-state index >= 15 is 0 Å². The second-order valence-corrected chi connectivity index (χ2v) is 4.31. The Hall–Kier alpha value is -0.640. The first-order chi connectivity index (χ1) is 6.66. The molecule has 0 radical (unpaired) electrons. The van der Waals surface area contributed by atoms with Crippen LogP contribution in [-0.4, -0.2) is 54.1 Å². The maximum Gasteiger partial charge on any atom is 0.219 e. The van der Waals surface area contributed by atoms with Gasteiger partial charge < -0.3 is 4.90 Å². The van der Waals surface area contributed by atoms with Gasteiger partial charge >= 0.3 is 0 Å². The van der Waals surface area contributed by atoms with Crippen LogP contribution in [0.2, 0.25) is 0 Å². The highest BCUT2D eigenvalue weighted by molar-refractivity contribution is 5.74. The average Bonchev–Trinajstić information content (AvgIpc) is 2.00. The van der Waals surface area contributed by atoms with Crippen molar-refractivity contribution in [2.45, 2.75) is 32.0 Å². The van der Waals surface area contributed by atoms with E-state index in [9.17, 15) is 9.18 Å². The number of amides is 1. The van der Waals surface area contributed by atoms with Crippen molar-refractivity contribution in [3.63, 3.8) is 0 Å². The third kappa shape index (κ3) is 1.90. The lowest BCUT2D eigenvalue weighted by molar-refractivity contribution is -0.136. The Balaban J connectivity index is 1.78. The van der Waals surface area contributed by atoms with Gasteiger partial charge in [-0.05, 0) is 19.4 Å². The Bertz CT molecular complexity index is 228. The van der Waals surface area contributed by atoms with Crippen molar-refractivity contribution < 1.29 is 9.18 Å². The maximum atomic E-state index is 13.1. The van der Waals surface area contributed by atoms with Gasteiger partial charge in [-0.3, -0.25) is 9.69 Å². The molecule has 2 aliphatic rings. The third-order valence-corrected chi connectivity index (χ3v) is 3.22. The van der Waals surface area contributed by atoms with E-state index in [1.165, 1.54) is 0 Å². The summed E-state index contributed by atoms with van der Waals surface area (Å²) in [5, 5.41) is 0. The van der Waals surface area contributed by atoms with Gasteiger partial charge in [0, 0.05) is 32.6 Å². The van der Waals surface area contributed by atoms with E-state index < -0.39 is 6.17 Å². The summed E-state index contributed by atoms with van der Waals surface area (Å²) in [5.41, 5.74) is 0. The van der Waals surface area contributed by atoms with E-state index in [1.807, 2.05) is 4.90 Å². The van der Waals surface area contributed by atoms with Crippen LogP contribution in [0.3, 0.4) is 0 Å². The van der Waals surface area contributed by atoms with E-state index in [4.69, 9.17) is 0 Å². The van der Waals surface area contributed by atoms with Gasteiger partial charge in [-0.15, -0.1) is 0 Å². The van der Waals surface area contributed by atoms with Crippen LogP contribution in [-0.2, 0) is 4.79 Å². The minimum Gasteiger partial charge on any atom is -0.340 e. The van der Waals surface area contributed by atoms with Gasteiger partial charge in [0.15, 0.2) is 0 Å². The number of hydrogen-bond donors (Lipinski definition) is 0. The highest BCUT2D eigenvalue weighted by Gasteiger charge is 2.35. The molecule has 0 saturated carbocycles. The molecule has 2 saturated heterocycles. The number of nitrogens with zero attached hydrogens (tertiary/aromatic N) is 2. The Morgan fingerprint density at radius 3 is 2.64 bits per heavy atom. The van der Waals surface area contributed by atoms with Crippen LogP contribution in [0.25, 0.3) is 0 Å². The van der Waals surface area contributed by atoms with Gasteiger partial charge in [-0.2, -0.15) is 0 Å². The van der Waals surface area contributed by atoms with E-state index in [-0.39, 0.29) is 5.91 Å². The van der Waals surface area contributed by atoms with Crippen LogP contribution >= 0.6 is 0 Å². The quantitative estimate of drug-likeness (QED) is 0.620. The van der Waals surface area contributed by atoms with Gasteiger partial charge in [-0.1, -0.05) is 0 Å². The van der Waals surface area contributed by atoms with Gasteiger partial charge in [0.05, 0.1) is 0 Å². The molecule has 2 heterocycles. The molecule has 0 aromatic rings. The molecule has 4 heteroatoms. The summed E-state index contributed by atoms with van der Waals surface area (Å²) in [7, 11) is 0. The van der Waals surface area contributed by atoms with Crippen LogP contribution in [0, 0.1) is 0 Å². The average molecular weight is 200 g/mol. The summed E-state index contributed by atoms with van der Waals surface area (Å²) >= 11 is 0. The molecule has 80 valence electrons. The van der Waals surface area contributed by atoms with Crippen molar-refractivity contribution in [1.82, 2.24) is 9.80 Å². The fourth-order valence-corrected chi connectivity index (χ4v) is 2.23. The standard InChI is InChI=1S/C10H17FN2O/c1-8(14)13-6-10(7-13)12-4-2-3-9(11)5-12/h9-10H,2-7H2,1H3. The van der Waals surface area contributed by atoms with Gasteiger partial charge in [0.2, 0.25) is 5.91 Å². The fourth-order valence-electron chi connectivity index (χ4n) is 2.23. The van der Waals surface area contributed by atoms with Gasteiger partial charge in [0.25, 0.3) is 0 Å². The highest BCUT2D eigenvalue weighted by atomic mass is 19.1. The molecule has 1 atom stereocenters. The van der Waals surface area contributed by atoms with Crippen LogP contribution in [0.4, 0.5) is 4.39 Å². The van der Waals surface area contributed by atoms with Crippen molar-refractivity contribution in [2.75, 3.05) is 26.2 Å². The molecule has 0 aliphatic carbocycles. The zero-order valence-electron chi connectivity index (χ0n) is 8.58. The molecule has 0 aromatic heterocycles.